The molecule has 17 heavy (non-hydrogen) atoms. The first-order valence-electron chi connectivity index (χ1n) is 5.85. The summed E-state index contributed by atoms with van der Waals surface area (Å²) in [5, 5.41) is 6.62. The summed E-state index contributed by atoms with van der Waals surface area (Å²) in [4.78, 5) is 11.8. The van der Waals surface area contributed by atoms with Crippen LogP contribution < -0.4 is 10.6 Å². The zero-order valence-corrected chi connectivity index (χ0v) is 9.48. The van der Waals surface area contributed by atoms with Gasteiger partial charge in [0, 0.05) is 42.4 Å². The van der Waals surface area contributed by atoms with Crippen LogP contribution in [0.25, 0.3) is 11.3 Å². The van der Waals surface area contributed by atoms with Crippen molar-refractivity contribution in [3.8, 4) is 11.3 Å². The predicted molar refractivity (Wildman–Crippen MR) is 66.7 cm³/mol. The predicted octanol–water partition coefficient (Wildman–Crippen LogP) is 1.25. The quantitative estimate of drug-likeness (QED) is 0.741. The van der Waals surface area contributed by atoms with Gasteiger partial charge in [-0.1, -0.05) is 0 Å². The van der Waals surface area contributed by atoms with Crippen LogP contribution in [-0.4, -0.2) is 34.1 Å². The molecule has 0 saturated carbocycles. The summed E-state index contributed by atoms with van der Waals surface area (Å²) in [5.74, 6) is 0.703. The van der Waals surface area contributed by atoms with Gasteiger partial charge in [0.2, 0.25) is 5.95 Å². The fourth-order valence-corrected chi connectivity index (χ4v) is 2.01. The Morgan fingerprint density at radius 1 is 1.29 bits per heavy atom. The van der Waals surface area contributed by atoms with Gasteiger partial charge >= 0.3 is 0 Å². The molecule has 1 saturated heterocycles. The number of rotatable bonds is 3. The smallest absolute Gasteiger partial charge is 0.222 e. The molecule has 5 nitrogen and oxygen atoms in total. The maximum Gasteiger partial charge on any atom is 0.222 e. The van der Waals surface area contributed by atoms with Crippen molar-refractivity contribution < 1.29 is 0 Å². The van der Waals surface area contributed by atoms with Crippen molar-refractivity contribution in [2.45, 2.75) is 12.5 Å². The number of anilines is 1. The van der Waals surface area contributed by atoms with E-state index in [1.807, 2.05) is 30.7 Å². The summed E-state index contributed by atoms with van der Waals surface area (Å²) < 4.78 is 0. The third kappa shape index (κ3) is 2.29. The van der Waals surface area contributed by atoms with Crippen LogP contribution in [0, 0.1) is 0 Å². The van der Waals surface area contributed by atoms with E-state index in [-0.39, 0.29) is 0 Å². The molecule has 3 heterocycles. The van der Waals surface area contributed by atoms with E-state index in [1.165, 1.54) is 0 Å². The molecule has 1 aliphatic rings. The number of aromatic amines is 1. The Labute approximate surface area is 99.7 Å². The second-order valence-electron chi connectivity index (χ2n) is 4.21. The van der Waals surface area contributed by atoms with Crippen LogP contribution in [0.2, 0.25) is 0 Å². The largest absolute Gasteiger partial charge is 0.361 e. The zero-order chi connectivity index (χ0) is 11.5. The maximum atomic E-state index is 4.33. The highest BCUT2D eigenvalue weighted by Gasteiger charge is 2.14. The molecule has 0 aromatic carbocycles. The molecule has 5 heteroatoms. The Morgan fingerprint density at radius 3 is 2.82 bits per heavy atom. The van der Waals surface area contributed by atoms with Crippen molar-refractivity contribution >= 4 is 5.95 Å². The molecule has 0 spiro atoms. The fourth-order valence-electron chi connectivity index (χ4n) is 2.01. The van der Waals surface area contributed by atoms with Crippen LogP contribution in [0.5, 0.6) is 0 Å². The highest BCUT2D eigenvalue weighted by Crippen LogP contribution is 2.15. The monoisotopic (exact) mass is 229 g/mol. The summed E-state index contributed by atoms with van der Waals surface area (Å²) in [6.07, 6.45) is 6.69. The second-order valence-corrected chi connectivity index (χ2v) is 4.21. The Balaban J connectivity index is 1.71. The van der Waals surface area contributed by atoms with E-state index in [0.717, 1.165) is 30.8 Å². The SMILES string of the molecule is c1c[nH]c(-c2cnc(NC3CCNC3)nc2)c1. The van der Waals surface area contributed by atoms with Gasteiger partial charge in [0.05, 0.1) is 0 Å². The highest BCUT2D eigenvalue weighted by molar-refractivity contribution is 5.57. The molecule has 0 amide bonds. The number of aromatic nitrogens is 3. The topological polar surface area (TPSA) is 65.6 Å². The third-order valence-corrected chi connectivity index (χ3v) is 2.95. The summed E-state index contributed by atoms with van der Waals surface area (Å²) in [7, 11) is 0. The average molecular weight is 229 g/mol. The zero-order valence-electron chi connectivity index (χ0n) is 9.48. The number of nitrogens with one attached hydrogen (secondary N) is 3. The molecule has 0 aliphatic carbocycles. The van der Waals surface area contributed by atoms with Crippen LogP contribution >= 0.6 is 0 Å². The van der Waals surface area contributed by atoms with Gasteiger partial charge in [0.15, 0.2) is 0 Å². The lowest BCUT2D eigenvalue weighted by Gasteiger charge is -2.10. The van der Waals surface area contributed by atoms with Crippen LogP contribution in [0.1, 0.15) is 6.42 Å². The van der Waals surface area contributed by atoms with Gasteiger partial charge in [-0.2, -0.15) is 0 Å². The Bertz CT molecular complexity index is 456. The molecule has 0 radical (unpaired) electrons. The molecule has 1 unspecified atom stereocenters. The van der Waals surface area contributed by atoms with Crippen molar-refractivity contribution in [2.75, 3.05) is 18.4 Å². The maximum absolute atomic E-state index is 4.33. The lowest BCUT2D eigenvalue weighted by Crippen LogP contribution is -2.23. The molecule has 3 N–H and O–H groups in total. The third-order valence-electron chi connectivity index (χ3n) is 2.95. The number of hydrogen-bond acceptors (Lipinski definition) is 4. The normalized spacial score (nSPS) is 19.4. The lowest BCUT2D eigenvalue weighted by molar-refractivity contribution is 0.780. The molecular formula is C12H15N5. The van der Waals surface area contributed by atoms with Gasteiger partial charge in [-0.15, -0.1) is 0 Å². The molecule has 1 aliphatic heterocycles. The van der Waals surface area contributed by atoms with Crippen LogP contribution in [-0.2, 0) is 0 Å². The van der Waals surface area contributed by atoms with Gasteiger partial charge in [-0.05, 0) is 25.1 Å². The van der Waals surface area contributed by atoms with E-state index in [1.54, 1.807) is 0 Å². The number of hydrogen-bond donors (Lipinski definition) is 3. The fraction of sp³-hybridized carbons (Fsp3) is 0.333. The van der Waals surface area contributed by atoms with Crippen molar-refractivity contribution in [2.24, 2.45) is 0 Å². The molecule has 2 aromatic heterocycles. The van der Waals surface area contributed by atoms with Crippen LogP contribution in [0.4, 0.5) is 5.95 Å². The molecule has 0 bridgehead atoms. The van der Waals surface area contributed by atoms with Gasteiger partial charge in [0.25, 0.3) is 0 Å². The van der Waals surface area contributed by atoms with Crippen molar-refractivity contribution in [3.05, 3.63) is 30.7 Å². The van der Waals surface area contributed by atoms with E-state index in [2.05, 4.69) is 25.6 Å². The van der Waals surface area contributed by atoms with E-state index in [4.69, 9.17) is 0 Å². The first-order valence-corrected chi connectivity index (χ1v) is 5.85. The van der Waals surface area contributed by atoms with Crippen LogP contribution in [0.15, 0.2) is 30.7 Å². The minimum Gasteiger partial charge on any atom is -0.361 e. The summed E-state index contributed by atoms with van der Waals surface area (Å²) in [6.45, 7) is 2.06. The summed E-state index contributed by atoms with van der Waals surface area (Å²) >= 11 is 0. The number of H-pyrrole nitrogens is 1. The molecule has 88 valence electrons. The minimum atomic E-state index is 0.450. The average Bonchev–Trinajstić information content (AvgIpc) is 3.01. The van der Waals surface area contributed by atoms with E-state index in [0.29, 0.717) is 12.0 Å². The molecule has 1 atom stereocenters. The minimum absolute atomic E-state index is 0.450. The Kier molecular flexibility index (Phi) is 2.75. The van der Waals surface area contributed by atoms with Crippen molar-refractivity contribution in [3.63, 3.8) is 0 Å². The van der Waals surface area contributed by atoms with Gasteiger partial charge in [-0.3, -0.25) is 0 Å². The second kappa shape index (κ2) is 4.55. The lowest BCUT2D eigenvalue weighted by atomic mass is 10.2. The standard InChI is InChI=1S/C12H15N5/c1-2-11(14-4-1)9-6-15-12(16-7-9)17-10-3-5-13-8-10/h1-2,4,6-7,10,13-14H,3,5,8H2,(H,15,16,17). The molecule has 3 rings (SSSR count). The molecule has 2 aromatic rings. The highest BCUT2D eigenvalue weighted by atomic mass is 15.1. The van der Waals surface area contributed by atoms with Gasteiger partial charge in [-0.25, -0.2) is 9.97 Å². The Morgan fingerprint density at radius 2 is 2.18 bits per heavy atom. The van der Waals surface area contributed by atoms with E-state index < -0.39 is 0 Å². The van der Waals surface area contributed by atoms with E-state index in [9.17, 15) is 0 Å². The summed E-state index contributed by atoms with van der Waals surface area (Å²) in [6, 6.07) is 4.42. The van der Waals surface area contributed by atoms with Crippen molar-refractivity contribution in [1.82, 2.24) is 20.3 Å². The van der Waals surface area contributed by atoms with Gasteiger partial charge in [0.1, 0.15) is 0 Å². The first-order chi connectivity index (χ1) is 8.42. The number of nitrogens with zero attached hydrogens (tertiary/aromatic N) is 2. The van der Waals surface area contributed by atoms with Crippen molar-refractivity contribution in [1.29, 1.82) is 0 Å². The van der Waals surface area contributed by atoms with Crippen LogP contribution in [0.3, 0.4) is 0 Å². The molecule has 1 fully saturated rings. The first kappa shape index (κ1) is 10.3. The molecular weight excluding hydrogens is 214 g/mol. The van der Waals surface area contributed by atoms with E-state index >= 15 is 0 Å². The van der Waals surface area contributed by atoms with Gasteiger partial charge < -0.3 is 15.6 Å². The Hall–Kier alpha value is -1.88. The summed E-state index contributed by atoms with van der Waals surface area (Å²) in [5.41, 5.74) is 2.05.